The van der Waals surface area contributed by atoms with Crippen LogP contribution in [0.4, 0.5) is 5.82 Å². The first-order valence-electron chi connectivity index (χ1n) is 9.48. The van der Waals surface area contributed by atoms with Crippen molar-refractivity contribution in [3.63, 3.8) is 0 Å². The molecule has 0 radical (unpaired) electrons. The lowest BCUT2D eigenvalue weighted by Crippen LogP contribution is -2.37. The van der Waals surface area contributed by atoms with Gasteiger partial charge in [0.25, 0.3) is 0 Å². The van der Waals surface area contributed by atoms with E-state index in [9.17, 15) is 0 Å². The summed E-state index contributed by atoms with van der Waals surface area (Å²) < 4.78 is 7.28. The Morgan fingerprint density at radius 3 is 2.33 bits per heavy atom. The van der Waals surface area contributed by atoms with E-state index in [2.05, 4.69) is 41.2 Å². The van der Waals surface area contributed by atoms with Crippen LogP contribution in [-0.4, -0.2) is 41.0 Å². The number of hydrogen-bond acceptors (Lipinski definition) is 4. The summed E-state index contributed by atoms with van der Waals surface area (Å²) in [5, 5.41) is 4.66. The van der Waals surface area contributed by atoms with Gasteiger partial charge in [0.15, 0.2) is 0 Å². The lowest BCUT2D eigenvalue weighted by atomic mass is 10.0. The Labute approximate surface area is 160 Å². The molecule has 1 aliphatic rings. The molecule has 0 bridgehead atoms. The van der Waals surface area contributed by atoms with E-state index in [0.717, 1.165) is 48.8 Å². The third-order valence-corrected chi connectivity index (χ3v) is 5.37. The van der Waals surface area contributed by atoms with Crippen LogP contribution < -0.4 is 5.73 Å². The number of benzene rings is 2. The van der Waals surface area contributed by atoms with Crippen LogP contribution in [0, 0.1) is 6.92 Å². The molecular formula is C22H26N4O. The summed E-state index contributed by atoms with van der Waals surface area (Å²) >= 11 is 0. The Kier molecular flexibility index (Phi) is 4.97. The highest BCUT2D eigenvalue weighted by Crippen LogP contribution is 2.32. The molecule has 0 saturated carbocycles. The van der Waals surface area contributed by atoms with Crippen LogP contribution in [-0.2, 0) is 4.74 Å². The molecule has 27 heavy (non-hydrogen) atoms. The maximum absolute atomic E-state index is 6.46. The van der Waals surface area contributed by atoms with Gasteiger partial charge in [0.2, 0.25) is 0 Å². The number of morpholine rings is 1. The maximum Gasteiger partial charge on any atom is 0.135 e. The number of anilines is 1. The van der Waals surface area contributed by atoms with Crippen molar-refractivity contribution >= 4 is 5.82 Å². The molecule has 1 unspecified atom stereocenters. The Morgan fingerprint density at radius 1 is 1.00 bits per heavy atom. The molecule has 2 N–H and O–H groups in total. The second-order valence-corrected chi connectivity index (χ2v) is 7.04. The second kappa shape index (κ2) is 7.55. The summed E-state index contributed by atoms with van der Waals surface area (Å²) in [6.45, 7) is 7.87. The average molecular weight is 362 g/mol. The Morgan fingerprint density at radius 2 is 1.67 bits per heavy atom. The zero-order valence-electron chi connectivity index (χ0n) is 15.9. The predicted octanol–water partition coefficient (Wildman–Crippen LogP) is 3.82. The van der Waals surface area contributed by atoms with Crippen molar-refractivity contribution in [2.45, 2.75) is 19.9 Å². The Hall–Kier alpha value is -2.63. The molecule has 5 nitrogen and oxygen atoms in total. The molecular weight excluding hydrogens is 336 g/mol. The molecule has 3 aromatic rings. The summed E-state index contributed by atoms with van der Waals surface area (Å²) in [6, 6.07) is 19.1. The van der Waals surface area contributed by atoms with E-state index >= 15 is 0 Å². The van der Waals surface area contributed by atoms with Crippen LogP contribution >= 0.6 is 0 Å². The van der Waals surface area contributed by atoms with E-state index in [-0.39, 0.29) is 0 Å². The highest BCUT2D eigenvalue weighted by atomic mass is 16.5. The van der Waals surface area contributed by atoms with Gasteiger partial charge < -0.3 is 10.5 Å². The number of aryl methyl sites for hydroxylation is 1. The van der Waals surface area contributed by atoms with Crippen molar-refractivity contribution in [1.82, 2.24) is 14.7 Å². The van der Waals surface area contributed by atoms with Crippen LogP contribution in [0.1, 0.15) is 24.2 Å². The van der Waals surface area contributed by atoms with E-state index in [0.29, 0.717) is 11.9 Å². The normalized spacial score (nSPS) is 16.4. The molecule has 2 heterocycles. The van der Waals surface area contributed by atoms with Crippen LogP contribution in [0.2, 0.25) is 0 Å². The van der Waals surface area contributed by atoms with Gasteiger partial charge in [0.05, 0.1) is 24.6 Å². The number of para-hydroxylation sites is 1. The molecule has 1 aliphatic heterocycles. The fourth-order valence-corrected chi connectivity index (χ4v) is 3.77. The molecule has 1 saturated heterocycles. The van der Waals surface area contributed by atoms with Gasteiger partial charge in [-0.2, -0.15) is 5.10 Å². The fourth-order valence-electron chi connectivity index (χ4n) is 3.77. The van der Waals surface area contributed by atoms with Gasteiger partial charge in [-0.1, -0.05) is 42.5 Å². The predicted molar refractivity (Wildman–Crippen MR) is 109 cm³/mol. The van der Waals surface area contributed by atoms with Crippen molar-refractivity contribution in [3.8, 4) is 16.8 Å². The van der Waals surface area contributed by atoms with E-state index in [1.165, 1.54) is 5.56 Å². The number of ether oxygens (including phenoxy) is 1. The highest BCUT2D eigenvalue weighted by Gasteiger charge is 2.19. The number of rotatable bonds is 4. The number of nitrogens with two attached hydrogens (primary N) is 1. The third-order valence-electron chi connectivity index (χ3n) is 5.37. The average Bonchev–Trinajstić information content (AvgIpc) is 3.03. The van der Waals surface area contributed by atoms with Crippen molar-refractivity contribution in [2.24, 2.45) is 0 Å². The number of hydrogen-bond donors (Lipinski definition) is 1. The van der Waals surface area contributed by atoms with Gasteiger partial charge in [-0.15, -0.1) is 0 Å². The monoisotopic (exact) mass is 362 g/mol. The highest BCUT2D eigenvalue weighted by molar-refractivity contribution is 5.77. The van der Waals surface area contributed by atoms with Crippen LogP contribution in [0.15, 0.2) is 54.6 Å². The lowest BCUT2D eigenvalue weighted by Gasteiger charge is -2.32. The van der Waals surface area contributed by atoms with Crippen molar-refractivity contribution in [2.75, 3.05) is 32.0 Å². The molecule has 0 amide bonds. The molecule has 4 rings (SSSR count). The minimum atomic E-state index is 0.383. The van der Waals surface area contributed by atoms with E-state index in [1.54, 1.807) is 0 Å². The number of nitrogens with zero attached hydrogens (tertiary/aromatic N) is 3. The molecule has 1 atom stereocenters. The summed E-state index contributed by atoms with van der Waals surface area (Å²) in [4.78, 5) is 2.46. The summed E-state index contributed by atoms with van der Waals surface area (Å²) in [5.41, 5.74) is 11.8. The number of aromatic nitrogens is 2. The second-order valence-electron chi connectivity index (χ2n) is 7.04. The smallest absolute Gasteiger partial charge is 0.135 e. The molecule has 0 spiro atoms. The Balaban J connectivity index is 1.62. The van der Waals surface area contributed by atoms with Crippen molar-refractivity contribution in [3.05, 3.63) is 65.9 Å². The molecule has 5 heteroatoms. The van der Waals surface area contributed by atoms with E-state index in [1.807, 2.05) is 41.9 Å². The summed E-state index contributed by atoms with van der Waals surface area (Å²) in [5.74, 6) is 0.674. The zero-order chi connectivity index (χ0) is 18.8. The lowest BCUT2D eigenvalue weighted by molar-refractivity contribution is 0.0198. The third kappa shape index (κ3) is 3.48. The zero-order valence-corrected chi connectivity index (χ0v) is 15.9. The summed E-state index contributed by atoms with van der Waals surface area (Å²) in [7, 11) is 0. The Bertz CT molecular complexity index is 896. The molecule has 0 aliphatic carbocycles. The van der Waals surface area contributed by atoms with E-state index < -0.39 is 0 Å². The standard InChI is InChI=1S/C22H26N4O/c1-16-21(22(23)26(24-16)20-6-4-3-5-7-20)19-10-8-18(9-11-19)17(2)25-12-14-27-15-13-25/h3-11,17H,12-15,23H2,1-2H3. The van der Waals surface area contributed by atoms with E-state index in [4.69, 9.17) is 10.5 Å². The molecule has 1 aromatic heterocycles. The van der Waals surface area contributed by atoms with Crippen LogP contribution in [0.3, 0.4) is 0 Å². The van der Waals surface area contributed by atoms with Gasteiger partial charge in [0, 0.05) is 24.7 Å². The van der Waals surface area contributed by atoms with Gasteiger partial charge in [0.1, 0.15) is 5.82 Å². The van der Waals surface area contributed by atoms with Crippen LogP contribution in [0.5, 0.6) is 0 Å². The molecule has 140 valence electrons. The number of nitrogen functional groups attached to an aromatic ring is 1. The topological polar surface area (TPSA) is 56.3 Å². The first-order valence-corrected chi connectivity index (χ1v) is 9.48. The minimum Gasteiger partial charge on any atom is -0.383 e. The SMILES string of the molecule is Cc1nn(-c2ccccc2)c(N)c1-c1ccc(C(C)N2CCOCC2)cc1. The van der Waals surface area contributed by atoms with Gasteiger partial charge in [-0.3, -0.25) is 4.90 Å². The van der Waals surface area contributed by atoms with Crippen molar-refractivity contribution < 1.29 is 4.74 Å². The first-order chi connectivity index (χ1) is 13.1. The molecule has 1 fully saturated rings. The quantitative estimate of drug-likeness (QED) is 0.766. The minimum absolute atomic E-state index is 0.383. The molecule has 2 aromatic carbocycles. The van der Waals surface area contributed by atoms with Crippen molar-refractivity contribution in [1.29, 1.82) is 0 Å². The van der Waals surface area contributed by atoms with Gasteiger partial charge in [-0.25, -0.2) is 4.68 Å². The van der Waals surface area contributed by atoms with Crippen LogP contribution in [0.25, 0.3) is 16.8 Å². The summed E-state index contributed by atoms with van der Waals surface area (Å²) in [6.07, 6.45) is 0. The first kappa shape index (κ1) is 17.8. The maximum atomic E-state index is 6.46. The van der Waals surface area contributed by atoms with Gasteiger partial charge >= 0.3 is 0 Å². The fraction of sp³-hybridized carbons (Fsp3) is 0.318. The largest absolute Gasteiger partial charge is 0.383 e. The van der Waals surface area contributed by atoms with Gasteiger partial charge in [-0.05, 0) is 37.1 Å².